The molecule has 30 heavy (non-hydrogen) atoms. The SMILES string of the molecule is CCCc1ccc(-c2cc3c(c(F)c2F)Oc2c(ccc(CC)c2F)C3)c(F)c1F. The highest BCUT2D eigenvalue weighted by molar-refractivity contribution is 5.69. The Morgan fingerprint density at radius 1 is 0.700 bits per heavy atom. The Balaban J connectivity index is 1.84. The molecule has 0 saturated heterocycles. The Labute approximate surface area is 171 Å². The van der Waals surface area contributed by atoms with Gasteiger partial charge in [-0.25, -0.2) is 17.6 Å². The first-order chi connectivity index (χ1) is 14.4. The molecule has 1 aliphatic heterocycles. The van der Waals surface area contributed by atoms with Gasteiger partial charge in [0.1, 0.15) is 0 Å². The molecule has 1 aliphatic rings. The second kappa shape index (κ2) is 7.74. The number of ether oxygens (including phenoxy) is 1. The van der Waals surface area contributed by atoms with E-state index in [1.165, 1.54) is 18.2 Å². The van der Waals surface area contributed by atoms with Gasteiger partial charge in [-0.1, -0.05) is 44.5 Å². The van der Waals surface area contributed by atoms with Crippen LogP contribution in [0.2, 0.25) is 0 Å². The van der Waals surface area contributed by atoms with Crippen molar-refractivity contribution in [3.05, 3.63) is 81.7 Å². The second-order valence-electron chi connectivity index (χ2n) is 7.35. The maximum absolute atomic E-state index is 14.8. The molecule has 3 aromatic carbocycles. The fourth-order valence-electron chi connectivity index (χ4n) is 3.83. The normalized spacial score (nSPS) is 12.4. The first-order valence-electron chi connectivity index (χ1n) is 9.83. The van der Waals surface area contributed by atoms with Crippen LogP contribution in [0.15, 0.2) is 30.3 Å². The minimum Gasteiger partial charge on any atom is -0.450 e. The van der Waals surface area contributed by atoms with E-state index in [4.69, 9.17) is 4.74 Å². The summed E-state index contributed by atoms with van der Waals surface area (Å²) in [7, 11) is 0. The largest absolute Gasteiger partial charge is 0.450 e. The summed E-state index contributed by atoms with van der Waals surface area (Å²) in [5.41, 5.74) is 0.515. The minimum atomic E-state index is -1.37. The number of halogens is 5. The third kappa shape index (κ3) is 3.15. The van der Waals surface area contributed by atoms with Crippen LogP contribution in [0.3, 0.4) is 0 Å². The van der Waals surface area contributed by atoms with Crippen molar-refractivity contribution < 1.29 is 26.7 Å². The van der Waals surface area contributed by atoms with Crippen LogP contribution in [0.4, 0.5) is 22.0 Å². The second-order valence-corrected chi connectivity index (χ2v) is 7.35. The summed E-state index contributed by atoms with van der Waals surface area (Å²) in [5, 5.41) is 0. The van der Waals surface area contributed by atoms with Gasteiger partial charge in [0.25, 0.3) is 0 Å². The summed E-state index contributed by atoms with van der Waals surface area (Å²) in [4.78, 5) is 0. The quantitative estimate of drug-likeness (QED) is 0.317. The molecule has 0 aromatic heterocycles. The zero-order valence-corrected chi connectivity index (χ0v) is 16.5. The van der Waals surface area contributed by atoms with E-state index < -0.39 is 40.4 Å². The average molecular weight is 418 g/mol. The van der Waals surface area contributed by atoms with Crippen molar-refractivity contribution in [1.29, 1.82) is 0 Å². The first kappa shape index (κ1) is 20.4. The molecular weight excluding hydrogens is 399 g/mol. The van der Waals surface area contributed by atoms with Crippen LogP contribution in [0.1, 0.15) is 42.5 Å². The molecular formula is C24H19F5O. The van der Waals surface area contributed by atoms with Gasteiger partial charge in [0, 0.05) is 28.7 Å². The van der Waals surface area contributed by atoms with Crippen molar-refractivity contribution in [3.8, 4) is 22.6 Å². The van der Waals surface area contributed by atoms with Crippen LogP contribution in [0, 0.1) is 29.1 Å². The lowest BCUT2D eigenvalue weighted by Gasteiger charge is -2.23. The highest BCUT2D eigenvalue weighted by Gasteiger charge is 2.29. The lowest BCUT2D eigenvalue weighted by atomic mass is 9.93. The molecule has 0 saturated carbocycles. The summed E-state index contributed by atoms with van der Waals surface area (Å²) in [5.74, 6) is -6.19. The van der Waals surface area contributed by atoms with Gasteiger partial charge in [-0.05, 0) is 30.0 Å². The van der Waals surface area contributed by atoms with Crippen molar-refractivity contribution in [2.24, 2.45) is 0 Å². The number of aryl methyl sites for hydroxylation is 2. The Kier molecular flexibility index (Phi) is 5.26. The number of fused-ring (bicyclic) bond motifs is 2. The fourth-order valence-corrected chi connectivity index (χ4v) is 3.83. The third-order valence-corrected chi connectivity index (χ3v) is 5.44. The molecule has 0 fully saturated rings. The average Bonchev–Trinajstić information content (AvgIpc) is 2.74. The van der Waals surface area contributed by atoms with Crippen LogP contribution in [0.25, 0.3) is 11.1 Å². The van der Waals surface area contributed by atoms with E-state index in [-0.39, 0.29) is 28.9 Å². The minimum absolute atomic E-state index is 0.0772. The van der Waals surface area contributed by atoms with Crippen LogP contribution in [-0.2, 0) is 19.3 Å². The molecule has 0 N–H and O–H groups in total. The van der Waals surface area contributed by atoms with Gasteiger partial charge in [0.05, 0.1) is 0 Å². The highest BCUT2D eigenvalue weighted by Crippen LogP contribution is 2.44. The molecule has 4 rings (SSSR count). The molecule has 0 atom stereocenters. The number of rotatable bonds is 4. The van der Waals surface area contributed by atoms with Gasteiger partial charge in [-0.15, -0.1) is 0 Å². The van der Waals surface area contributed by atoms with Gasteiger partial charge >= 0.3 is 0 Å². The van der Waals surface area contributed by atoms with Crippen molar-refractivity contribution in [3.63, 3.8) is 0 Å². The van der Waals surface area contributed by atoms with E-state index in [0.717, 1.165) is 0 Å². The first-order valence-corrected chi connectivity index (χ1v) is 9.83. The standard InChI is InChI=1S/C24H19F5O/c1-3-5-13-8-9-16(20(27)18(13)25)17-11-15-10-14-7-6-12(4-2)19(26)23(14)30-24(15)22(29)21(17)28/h6-9,11H,3-5,10H2,1-2H3. The molecule has 6 heteroatoms. The number of hydrogen-bond acceptors (Lipinski definition) is 1. The lowest BCUT2D eigenvalue weighted by molar-refractivity contribution is 0.380. The Bertz CT molecular complexity index is 1150. The van der Waals surface area contributed by atoms with Gasteiger partial charge in [0.2, 0.25) is 5.82 Å². The van der Waals surface area contributed by atoms with Gasteiger partial charge in [0.15, 0.2) is 34.8 Å². The fraction of sp³-hybridized carbons (Fsp3) is 0.250. The van der Waals surface area contributed by atoms with E-state index >= 15 is 0 Å². The molecule has 0 spiro atoms. The zero-order chi connectivity index (χ0) is 21.6. The monoisotopic (exact) mass is 418 g/mol. The van der Waals surface area contributed by atoms with Crippen LogP contribution < -0.4 is 4.74 Å². The van der Waals surface area contributed by atoms with Gasteiger partial charge in [-0.2, -0.15) is 4.39 Å². The third-order valence-electron chi connectivity index (χ3n) is 5.44. The van der Waals surface area contributed by atoms with Crippen LogP contribution >= 0.6 is 0 Å². The molecule has 3 aromatic rings. The zero-order valence-electron chi connectivity index (χ0n) is 16.5. The summed E-state index contributed by atoms with van der Waals surface area (Å²) in [6, 6.07) is 7.14. The van der Waals surface area contributed by atoms with Crippen molar-refractivity contribution >= 4 is 0 Å². The maximum atomic E-state index is 14.8. The predicted molar refractivity (Wildman–Crippen MR) is 104 cm³/mol. The molecule has 1 nitrogen and oxygen atoms in total. The number of hydrogen-bond donors (Lipinski definition) is 0. The Hall–Kier alpha value is -2.89. The van der Waals surface area contributed by atoms with Crippen LogP contribution in [0.5, 0.6) is 11.5 Å². The van der Waals surface area contributed by atoms with Crippen molar-refractivity contribution in [1.82, 2.24) is 0 Å². The summed E-state index contributed by atoms with van der Waals surface area (Å²) in [6.07, 6.45) is 1.45. The molecule has 0 bridgehead atoms. The molecule has 0 aliphatic carbocycles. The highest BCUT2D eigenvalue weighted by atomic mass is 19.2. The summed E-state index contributed by atoms with van der Waals surface area (Å²) >= 11 is 0. The van der Waals surface area contributed by atoms with Gasteiger partial charge < -0.3 is 4.74 Å². The smallest absolute Gasteiger partial charge is 0.202 e. The molecule has 1 heterocycles. The van der Waals surface area contributed by atoms with E-state index in [9.17, 15) is 22.0 Å². The molecule has 156 valence electrons. The summed E-state index contributed by atoms with van der Waals surface area (Å²) < 4.78 is 78.6. The molecule has 0 amide bonds. The Morgan fingerprint density at radius 3 is 2.07 bits per heavy atom. The molecule has 0 radical (unpaired) electrons. The van der Waals surface area contributed by atoms with E-state index in [2.05, 4.69) is 0 Å². The molecule has 0 unspecified atom stereocenters. The van der Waals surface area contributed by atoms with Gasteiger partial charge in [-0.3, -0.25) is 0 Å². The van der Waals surface area contributed by atoms with Crippen molar-refractivity contribution in [2.75, 3.05) is 0 Å². The Morgan fingerprint density at radius 2 is 1.37 bits per heavy atom. The van der Waals surface area contributed by atoms with Crippen molar-refractivity contribution in [2.45, 2.75) is 39.5 Å². The van der Waals surface area contributed by atoms with E-state index in [1.54, 1.807) is 19.1 Å². The van der Waals surface area contributed by atoms with E-state index in [1.807, 2.05) is 6.92 Å². The maximum Gasteiger partial charge on any atom is 0.202 e. The summed E-state index contributed by atoms with van der Waals surface area (Å²) in [6.45, 7) is 3.60. The number of benzene rings is 3. The topological polar surface area (TPSA) is 9.23 Å². The van der Waals surface area contributed by atoms with Crippen LogP contribution in [-0.4, -0.2) is 0 Å². The predicted octanol–water partition coefficient (Wildman–Crippen LogP) is 7.26. The lowest BCUT2D eigenvalue weighted by Crippen LogP contribution is -2.10. The van der Waals surface area contributed by atoms with E-state index in [0.29, 0.717) is 30.4 Å².